The molecule has 5 heteroatoms. The monoisotopic (exact) mass is 330 g/mol. The first-order chi connectivity index (χ1) is 11.5. The van der Waals surface area contributed by atoms with Crippen molar-refractivity contribution in [3.63, 3.8) is 0 Å². The van der Waals surface area contributed by atoms with Crippen LogP contribution in [-0.4, -0.2) is 28.5 Å². The molecular weight excluding hydrogens is 308 g/mol. The van der Waals surface area contributed by atoms with Gasteiger partial charge in [0.2, 0.25) is 0 Å². The van der Waals surface area contributed by atoms with Crippen molar-refractivity contribution in [2.24, 2.45) is 0 Å². The highest BCUT2D eigenvalue weighted by molar-refractivity contribution is 5.60. The van der Waals surface area contributed by atoms with Crippen LogP contribution in [0.4, 0.5) is 0 Å². The zero-order chi connectivity index (χ0) is 17.5. The maximum absolute atomic E-state index is 10.2. The predicted octanol–water partition coefficient (Wildman–Crippen LogP) is 3.64. The highest BCUT2D eigenvalue weighted by Crippen LogP contribution is 2.31. The second-order valence-corrected chi connectivity index (χ2v) is 5.11. The van der Waals surface area contributed by atoms with Crippen molar-refractivity contribution in [1.82, 2.24) is 0 Å². The molecule has 0 fully saturated rings. The first-order valence-electron chi connectivity index (χ1n) is 7.83. The number of rotatable bonds is 7. The van der Waals surface area contributed by atoms with Gasteiger partial charge in [0.1, 0.15) is 29.1 Å². The standard InChI is InChI=1S/C19H22O5/c1-3-23-15-8-5-13(19(12-15)24-4-2)6-10-17(21)16-9-7-14(20)11-18(16)22/h5-12,17,20-22H,3-4H2,1-2H3. The van der Waals surface area contributed by atoms with E-state index >= 15 is 0 Å². The second-order valence-electron chi connectivity index (χ2n) is 5.11. The fraction of sp³-hybridized carbons (Fsp3) is 0.263. The van der Waals surface area contributed by atoms with E-state index in [4.69, 9.17) is 9.47 Å². The molecule has 24 heavy (non-hydrogen) atoms. The van der Waals surface area contributed by atoms with Crippen LogP contribution in [0.25, 0.3) is 6.08 Å². The summed E-state index contributed by atoms with van der Waals surface area (Å²) in [6.45, 7) is 4.89. The molecule has 0 bridgehead atoms. The number of phenols is 2. The van der Waals surface area contributed by atoms with Gasteiger partial charge in [-0.3, -0.25) is 0 Å². The molecule has 0 aliphatic rings. The number of benzene rings is 2. The van der Waals surface area contributed by atoms with Crippen LogP contribution in [0.3, 0.4) is 0 Å². The van der Waals surface area contributed by atoms with Crippen molar-refractivity contribution in [3.8, 4) is 23.0 Å². The SMILES string of the molecule is CCOc1ccc(C=CC(O)c2ccc(O)cc2O)c(OCC)c1. The molecule has 0 saturated carbocycles. The number of hydrogen-bond donors (Lipinski definition) is 3. The molecule has 0 heterocycles. The molecule has 3 N–H and O–H groups in total. The highest BCUT2D eigenvalue weighted by atomic mass is 16.5. The van der Waals surface area contributed by atoms with E-state index in [2.05, 4.69) is 0 Å². The topological polar surface area (TPSA) is 79.2 Å². The summed E-state index contributed by atoms with van der Waals surface area (Å²) in [5.74, 6) is 1.15. The lowest BCUT2D eigenvalue weighted by atomic mass is 10.1. The lowest BCUT2D eigenvalue weighted by Gasteiger charge is -2.12. The zero-order valence-corrected chi connectivity index (χ0v) is 13.8. The zero-order valence-electron chi connectivity index (χ0n) is 13.8. The Bertz CT molecular complexity index is 709. The van der Waals surface area contributed by atoms with Crippen LogP contribution in [0.5, 0.6) is 23.0 Å². The molecule has 0 amide bonds. The molecule has 0 aliphatic carbocycles. The van der Waals surface area contributed by atoms with Crippen LogP contribution in [-0.2, 0) is 0 Å². The van der Waals surface area contributed by atoms with Gasteiger partial charge < -0.3 is 24.8 Å². The second kappa shape index (κ2) is 8.26. The van der Waals surface area contributed by atoms with Gasteiger partial charge in [-0.05, 0) is 38.1 Å². The van der Waals surface area contributed by atoms with Crippen LogP contribution >= 0.6 is 0 Å². The first-order valence-corrected chi connectivity index (χ1v) is 7.83. The molecule has 0 aliphatic heterocycles. The third-order valence-corrected chi connectivity index (χ3v) is 3.39. The van der Waals surface area contributed by atoms with E-state index in [9.17, 15) is 15.3 Å². The molecule has 5 nitrogen and oxygen atoms in total. The molecule has 0 saturated heterocycles. The Morgan fingerprint density at radius 2 is 1.75 bits per heavy atom. The van der Waals surface area contributed by atoms with Gasteiger partial charge in [-0.1, -0.05) is 12.2 Å². The summed E-state index contributed by atoms with van der Waals surface area (Å²) < 4.78 is 11.1. The third-order valence-electron chi connectivity index (χ3n) is 3.39. The number of phenolic OH excluding ortho intramolecular Hbond substituents is 2. The Morgan fingerprint density at radius 3 is 2.42 bits per heavy atom. The number of aliphatic hydroxyl groups is 1. The van der Waals surface area contributed by atoms with Gasteiger partial charge in [0.15, 0.2) is 0 Å². The summed E-state index contributed by atoms with van der Waals surface area (Å²) in [4.78, 5) is 0. The molecular formula is C19H22O5. The van der Waals surface area contributed by atoms with E-state index in [-0.39, 0.29) is 11.5 Å². The smallest absolute Gasteiger partial charge is 0.130 e. The number of aromatic hydroxyl groups is 2. The predicted molar refractivity (Wildman–Crippen MR) is 92.5 cm³/mol. The van der Waals surface area contributed by atoms with Gasteiger partial charge in [-0.2, -0.15) is 0 Å². The van der Waals surface area contributed by atoms with Crippen LogP contribution in [0, 0.1) is 0 Å². The average molecular weight is 330 g/mol. The lowest BCUT2D eigenvalue weighted by molar-refractivity contribution is 0.224. The number of hydrogen-bond acceptors (Lipinski definition) is 5. The van der Waals surface area contributed by atoms with Crippen molar-refractivity contribution in [2.75, 3.05) is 13.2 Å². The van der Waals surface area contributed by atoms with Crippen LogP contribution < -0.4 is 9.47 Å². The van der Waals surface area contributed by atoms with Crippen LogP contribution in [0.15, 0.2) is 42.5 Å². The maximum Gasteiger partial charge on any atom is 0.130 e. The van der Waals surface area contributed by atoms with Gasteiger partial charge in [-0.25, -0.2) is 0 Å². The van der Waals surface area contributed by atoms with Gasteiger partial charge in [0.25, 0.3) is 0 Å². The fourth-order valence-electron chi connectivity index (χ4n) is 2.27. The minimum absolute atomic E-state index is 0.0578. The minimum atomic E-state index is -1.01. The van der Waals surface area contributed by atoms with E-state index < -0.39 is 6.10 Å². The van der Waals surface area contributed by atoms with Crippen LogP contribution in [0.2, 0.25) is 0 Å². The fourth-order valence-corrected chi connectivity index (χ4v) is 2.27. The largest absolute Gasteiger partial charge is 0.508 e. The molecule has 1 atom stereocenters. The van der Waals surface area contributed by atoms with E-state index in [1.54, 1.807) is 18.2 Å². The van der Waals surface area contributed by atoms with E-state index in [1.807, 2.05) is 26.0 Å². The van der Waals surface area contributed by atoms with Gasteiger partial charge in [0.05, 0.1) is 13.2 Å². The summed E-state index contributed by atoms with van der Waals surface area (Å²) in [6, 6.07) is 9.55. The molecule has 2 rings (SSSR count). The number of aliphatic hydroxyl groups excluding tert-OH is 1. The van der Waals surface area contributed by atoms with Crippen molar-refractivity contribution in [2.45, 2.75) is 20.0 Å². The third kappa shape index (κ3) is 4.43. The molecule has 2 aromatic rings. The Labute approximate surface area is 141 Å². The number of ether oxygens (including phenoxy) is 2. The Hall–Kier alpha value is -2.66. The summed E-state index contributed by atoms with van der Waals surface area (Å²) >= 11 is 0. The normalized spacial score (nSPS) is 12.3. The first kappa shape index (κ1) is 17.7. The minimum Gasteiger partial charge on any atom is -0.508 e. The quantitative estimate of drug-likeness (QED) is 0.722. The molecule has 2 aromatic carbocycles. The van der Waals surface area contributed by atoms with Gasteiger partial charge in [-0.15, -0.1) is 0 Å². The summed E-state index contributed by atoms with van der Waals surface area (Å²) in [6.07, 6.45) is 2.26. The summed E-state index contributed by atoms with van der Waals surface area (Å²) in [7, 11) is 0. The molecule has 1 unspecified atom stereocenters. The summed E-state index contributed by atoms with van der Waals surface area (Å²) in [5.41, 5.74) is 1.10. The molecule has 0 aromatic heterocycles. The van der Waals surface area contributed by atoms with Crippen molar-refractivity contribution < 1.29 is 24.8 Å². The van der Waals surface area contributed by atoms with Crippen LogP contribution in [0.1, 0.15) is 31.1 Å². The van der Waals surface area contributed by atoms with Crippen molar-refractivity contribution >= 4 is 6.08 Å². The molecule has 0 radical (unpaired) electrons. The maximum atomic E-state index is 10.2. The summed E-state index contributed by atoms with van der Waals surface area (Å²) in [5, 5.41) is 29.3. The Morgan fingerprint density at radius 1 is 1.00 bits per heavy atom. The Balaban J connectivity index is 2.23. The average Bonchev–Trinajstić information content (AvgIpc) is 2.54. The van der Waals surface area contributed by atoms with Gasteiger partial charge in [0, 0.05) is 23.3 Å². The van der Waals surface area contributed by atoms with E-state index in [0.29, 0.717) is 24.5 Å². The Kier molecular flexibility index (Phi) is 6.09. The van der Waals surface area contributed by atoms with E-state index in [0.717, 1.165) is 11.3 Å². The molecule has 128 valence electrons. The highest BCUT2D eigenvalue weighted by Gasteiger charge is 2.10. The molecule has 0 spiro atoms. The van der Waals surface area contributed by atoms with Gasteiger partial charge >= 0.3 is 0 Å². The van der Waals surface area contributed by atoms with Crippen molar-refractivity contribution in [3.05, 3.63) is 53.6 Å². The lowest BCUT2D eigenvalue weighted by Crippen LogP contribution is -1.97. The van der Waals surface area contributed by atoms with Crippen molar-refractivity contribution in [1.29, 1.82) is 0 Å². The van der Waals surface area contributed by atoms with E-state index in [1.165, 1.54) is 18.2 Å².